The molecule has 0 spiro atoms. The van der Waals surface area contributed by atoms with Crippen molar-refractivity contribution in [2.24, 2.45) is 11.8 Å². The SMILES string of the molecule is CCC(C)O[C@H]1C[C@@H](O)[C@H](/C=C/[C@@H](O)COc2ccc(C)c(Cl)c2)[C@H]1C. The van der Waals surface area contributed by atoms with Crippen LogP contribution in [0.1, 0.15) is 39.2 Å². The van der Waals surface area contributed by atoms with Gasteiger partial charge in [-0.15, -0.1) is 0 Å². The van der Waals surface area contributed by atoms with Gasteiger partial charge in [0.25, 0.3) is 0 Å². The van der Waals surface area contributed by atoms with E-state index in [1.807, 2.05) is 25.1 Å². The number of benzene rings is 1. The second-order valence-electron chi connectivity index (χ2n) is 7.31. The third-order valence-electron chi connectivity index (χ3n) is 5.21. The summed E-state index contributed by atoms with van der Waals surface area (Å²) in [6, 6.07) is 5.46. The molecule has 0 aliphatic heterocycles. The number of hydrogen-bond donors (Lipinski definition) is 2. The molecule has 146 valence electrons. The normalized spacial score (nSPS) is 28.4. The highest BCUT2D eigenvalue weighted by Gasteiger charge is 2.39. The van der Waals surface area contributed by atoms with Crippen molar-refractivity contribution in [3.63, 3.8) is 0 Å². The van der Waals surface area contributed by atoms with E-state index in [2.05, 4.69) is 20.8 Å². The average Bonchev–Trinajstić information content (AvgIpc) is 2.87. The second-order valence-corrected chi connectivity index (χ2v) is 7.71. The number of aliphatic hydroxyl groups excluding tert-OH is 2. The van der Waals surface area contributed by atoms with Gasteiger partial charge in [0.2, 0.25) is 0 Å². The Morgan fingerprint density at radius 2 is 2.12 bits per heavy atom. The molecule has 1 aliphatic rings. The number of hydrogen-bond acceptors (Lipinski definition) is 4. The first kappa shape index (κ1) is 21.2. The summed E-state index contributed by atoms with van der Waals surface area (Å²) < 4.78 is 11.6. The van der Waals surface area contributed by atoms with Crippen molar-refractivity contribution in [3.8, 4) is 5.75 Å². The minimum atomic E-state index is -0.746. The van der Waals surface area contributed by atoms with Crippen molar-refractivity contribution in [2.75, 3.05) is 6.61 Å². The number of rotatable bonds is 8. The maximum Gasteiger partial charge on any atom is 0.120 e. The topological polar surface area (TPSA) is 58.9 Å². The Balaban J connectivity index is 1.86. The van der Waals surface area contributed by atoms with Gasteiger partial charge in [-0.05, 0) is 43.9 Å². The molecule has 1 unspecified atom stereocenters. The first-order valence-electron chi connectivity index (χ1n) is 9.40. The molecule has 26 heavy (non-hydrogen) atoms. The molecule has 0 heterocycles. The van der Waals surface area contributed by atoms with Crippen molar-refractivity contribution >= 4 is 11.6 Å². The van der Waals surface area contributed by atoms with Crippen LogP contribution in [0.15, 0.2) is 30.4 Å². The molecule has 1 saturated carbocycles. The molecule has 0 saturated heterocycles. The highest BCUT2D eigenvalue weighted by atomic mass is 35.5. The van der Waals surface area contributed by atoms with Gasteiger partial charge in [-0.25, -0.2) is 0 Å². The third kappa shape index (κ3) is 5.71. The second kappa shape index (κ2) is 9.75. The first-order chi connectivity index (χ1) is 12.3. The monoisotopic (exact) mass is 382 g/mol. The maximum absolute atomic E-state index is 10.3. The van der Waals surface area contributed by atoms with Gasteiger partial charge in [0.05, 0.1) is 18.3 Å². The van der Waals surface area contributed by atoms with Gasteiger partial charge >= 0.3 is 0 Å². The molecule has 0 radical (unpaired) electrons. The first-order valence-corrected chi connectivity index (χ1v) is 9.78. The highest BCUT2D eigenvalue weighted by Crippen LogP contribution is 2.36. The number of halogens is 1. The summed E-state index contributed by atoms with van der Waals surface area (Å²) in [5, 5.41) is 21.1. The molecule has 2 N–H and O–H groups in total. The predicted octanol–water partition coefficient (Wildman–Crippen LogP) is 4.14. The Kier molecular flexibility index (Phi) is 7.96. The van der Waals surface area contributed by atoms with Crippen LogP contribution in [0, 0.1) is 18.8 Å². The lowest BCUT2D eigenvalue weighted by Crippen LogP contribution is -2.24. The Morgan fingerprint density at radius 1 is 1.38 bits per heavy atom. The van der Waals surface area contributed by atoms with Gasteiger partial charge in [-0.1, -0.05) is 43.7 Å². The van der Waals surface area contributed by atoms with E-state index in [1.54, 1.807) is 12.1 Å². The van der Waals surface area contributed by atoms with Crippen molar-refractivity contribution in [3.05, 3.63) is 40.9 Å². The number of aliphatic hydroxyl groups is 2. The molecular weight excluding hydrogens is 352 g/mol. The highest BCUT2D eigenvalue weighted by molar-refractivity contribution is 6.31. The molecule has 1 aromatic carbocycles. The molecule has 1 fully saturated rings. The predicted molar refractivity (Wildman–Crippen MR) is 105 cm³/mol. The molecule has 6 atom stereocenters. The van der Waals surface area contributed by atoms with Crippen LogP contribution in [0.4, 0.5) is 0 Å². The van der Waals surface area contributed by atoms with Crippen molar-refractivity contribution in [2.45, 2.75) is 65.0 Å². The van der Waals surface area contributed by atoms with E-state index >= 15 is 0 Å². The summed E-state index contributed by atoms with van der Waals surface area (Å²) in [6.07, 6.45) is 4.24. The molecule has 0 amide bonds. The van der Waals surface area contributed by atoms with E-state index in [1.165, 1.54) is 0 Å². The Morgan fingerprint density at radius 3 is 2.77 bits per heavy atom. The van der Waals surface area contributed by atoms with Gasteiger partial charge in [0.15, 0.2) is 0 Å². The van der Waals surface area contributed by atoms with Crippen LogP contribution in [0.2, 0.25) is 5.02 Å². The summed E-state index contributed by atoms with van der Waals surface area (Å²) in [5.74, 6) is 0.816. The lowest BCUT2D eigenvalue weighted by Gasteiger charge is -2.22. The average molecular weight is 383 g/mol. The fourth-order valence-corrected chi connectivity index (χ4v) is 3.41. The maximum atomic E-state index is 10.3. The molecule has 0 bridgehead atoms. The van der Waals surface area contributed by atoms with Gasteiger partial charge in [-0.2, -0.15) is 0 Å². The molecule has 0 aromatic heterocycles. The number of ether oxygens (including phenoxy) is 2. The van der Waals surface area contributed by atoms with Gasteiger partial charge in [0.1, 0.15) is 18.5 Å². The van der Waals surface area contributed by atoms with E-state index < -0.39 is 12.2 Å². The van der Waals surface area contributed by atoms with Gasteiger partial charge < -0.3 is 19.7 Å². The molecule has 5 heteroatoms. The van der Waals surface area contributed by atoms with Crippen LogP contribution < -0.4 is 4.74 Å². The molecule has 1 aliphatic carbocycles. The van der Waals surface area contributed by atoms with Crippen LogP contribution in [-0.2, 0) is 4.74 Å². The summed E-state index contributed by atoms with van der Waals surface area (Å²) in [6.45, 7) is 8.31. The standard InChI is InChI=1S/C21H31ClO4/c1-5-14(3)26-21-11-20(24)18(15(21)4)9-7-16(23)12-25-17-8-6-13(2)19(22)10-17/h6-10,14-16,18,20-21,23-24H,5,11-12H2,1-4H3/b9-7+/t14?,15-,16-,18-,20-,21+/m1/s1. The third-order valence-corrected chi connectivity index (χ3v) is 5.62. The Labute approximate surface area is 161 Å². The smallest absolute Gasteiger partial charge is 0.120 e. The van der Waals surface area contributed by atoms with Crippen molar-refractivity contribution < 1.29 is 19.7 Å². The molecule has 4 nitrogen and oxygen atoms in total. The van der Waals surface area contributed by atoms with E-state index in [-0.39, 0.29) is 30.7 Å². The summed E-state index contributed by atoms with van der Waals surface area (Å²) >= 11 is 6.07. The summed E-state index contributed by atoms with van der Waals surface area (Å²) in [4.78, 5) is 0. The Bertz CT molecular complexity index is 604. The lowest BCUT2D eigenvalue weighted by atomic mass is 9.94. The molecular formula is C21H31ClO4. The van der Waals surface area contributed by atoms with E-state index in [4.69, 9.17) is 21.1 Å². The fourth-order valence-electron chi connectivity index (χ4n) is 3.24. The number of aryl methyl sites for hydroxylation is 1. The summed E-state index contributed by atoms with van der Waals surface area (Å²) in [7, 11) is 0. The van der Waals surface area contributed by atoms with Crippen LogP contribution in [0.3, 0.4) is 0 Å². The van der Waals surface area contributed by atoms with E-state index in [0.29, 0.717) is 17.2 Å². The quantitative estimate of drug-likeness (QED) is 0.663. The molecule has 1 aromatic rings. The lowest BCUT2D eigenvalue weighted by molar-refractivity contribution is -0.0247. The van der Waals surface area contributed by atoms with Crippen LogP contribution in [0.5, 0.6) is 5.75 Å². The summed E-state index contributed by atoms with van der Waals surface area (Å²) in [5.41, 5.74) is 0.984. The van der Waals surface area contributed by atoms with E-state index in [0.717, 1.165) is 12.0 Å². The van der Waals surface area contributed by atoms with Crippen LogP contribution in [-0.4, -0.2) is 41.2 Å². The van der Waals surface area contributed by atoms with E-state index in [9.17, 15) is 10.2 Å². The minimum Gasteiger partial charge on any atom is -0.491 e. The zero-order valence-electron chi connectivity index (χ0n) is 16.1. The fraction of sp³-hybridized carbons (Fsp3) is 0.619. The molecule has 2 rings (SSSR count). The largest absolute Gasteiger partial charge is 0.491 e. The van der Waals surface area contributed by atoms with Gasteiger partial charge in [-0.3, -0.25) is 0 Å². The van der Waals surface area contributed by atoms with Crippen molar-refractivity contribution in [1.29, 1.82) is 0 Å². The zero-order chi connectivity index (χ0) is 19.3. The van der Waals surface area contributed by atoms with Gasteiger partial charge in [0, 0.05) is 17.4 Å². The van der Waals surface area contributed by atoms with Crippen molar-refractivity contribution in [1.82, 2.24) is 0 Å². The minimum absolute atomic E-state index is 0.0208. The Hall–Kier alpha value is -1.07. The van der Waals surface area contributed by atoms with Crippen LogP contribution in [0.25, 0.3) is 0 Å². The van der Waals surface area contributed by atoms with Crippen LogP contribution >= 0.6 is 11.6 Å². The zero-order valence-corrected chi connectivity index (χ0v) is 16.8.